The van der Waals surface area contributed by atoms with Gasteiger partial charge in [-0.2, -0.15) is 20.8 Å². The minimum atomic E-state index is -0.984. The number of hydrogen-bond acceptors (Lipinski definition) is 8. The van der Waals surface area contributed by atoms with E-state index in [4.69, 9.17) is 20.7 Å². The van der Waals surface area contributed by atoms with E-state index in [1.807, 2.05) is 12.1 Å². The van der Waals surface area contributed by atoms with Gasteiger partial charge in [0.25, 0.3) is 0 Å². The van der Waals surface area contributed by atoms with Crippen LogP contribution in [0.25, 0.3) is 0 Å². The fourth-order valence-electron chi connectivity index (χ4n) is 1.38. The number of carboxylic acids is 2. The Morgan fingerprint density at radius 1 is 0.864 bits per heavy atom. The van der Waals surface area contributed by atoms with E-state index < -0.39 is 24.0 Å². The van der Waals surface area contributed by atoms with Crippen molar-refractivity contribution in [1.29, 1.82) is 10.5 Å². The van der Waals surface area contributed by atoms with Crippen LogP contribution in [0.5, 0.6) is 0 Å². The summed E-state index contributed by atoms with van der Waals surface area (Å²) in [4.78, 5) is 20.9. The van der Waals surface area contributed by atoms with Gasteiger partial charge in [-0.1, -0.05) is 0 Å². The minimum absolute atomic E-state index is 0. The number of nitrogens with zero attached hydrogens (tertiary/aromatic N) is 4. The molecule has 0 aromatic heterocycles. The molecule has 2 unspecified atom stereocenters. The molecule has 0 spiro atoms. The topological polar surface area (TPSA) is 217 Å². The van der Waals surface area contributed by atoms with E-state index in [9.17, 15) is 9.59 Å². The summed E-state index contributed by atoms with van der Waals surface area (Å²) in [6.45, 7) is 0. The molecule has 0 saturated heterocycles. The first kappa shape index (κ1) is 24.5. The molecular weight excluding hydrogens is 292 g/mol. The quantitative estimate of drug-likeness (QED) is 0.436. The Balaban J connectivity index is -0.00000180. The van der Waals surface area contributed by atoms with Gasteiger partial charge in [-0.05, 0) is 12.8 Å². The lowest BCUT2D eigenvalue weighted by Crippen LogP contribution is -2.10. The lowest BCUT2D eigenvalue weighted by Gasteiger charge is -2.09. The summed E-state index contributed by atoms with van der Waals surface area (Å²) < 4.78 is 0. The van der Waals surface area contributed by atoms with Crippen molar-refractivity contribution in [3.63, 3.8) is 0 Å². The maximum atomic E-state index is 10.5. The molecule has 8 N–H and O–H groups in total. The minimum Gasteiger partial charge on any atom is -0.481 e. The van der Waals surface area contributed by atoms with E-state index in [0.717, 1.165) is 0 Å². The highest BCUT2D eigenvalue weighted by molar-refractivity contribution is 5.67. The second-order valence-corrected chi connectivity index (χ2v) is 4.13. The van der Waals surface area contributed by atoms with Crippen molar-refractivity contribution in [1.82, 2.24) is 12.3 Å². The van der Waals surface area contributed by atoms with Crippen molar-refractivity contribution in [2.24, 2.45) is 10.2 Å². The monoisotopic (exact) mass is 314 g/mol. The van der Waals surface area contributed by atoms with E-state index in [1.54, 1.807) is 0 Å². The lowest BCUT2D eigenvalue weighted by molar-refractivity contribution is -0.138. The molecule has 0 amide bonds. The summed E-state index contributed by atoms with van der Waals surface area (Å²) in [6.07, 6.45) is 0.200. The fraction of sp³-hybridized carbons (Fsp3) is 0.667. The lowest BCUT2D eigenvalue weighted by atomic mass is 10.1. The largest absolute Gasteiger partial charge is 0.481 e. The third-order valence-electron chi connectivity index (χ3n) is 2.43. The summed E-state index contributed by atoms with van der Waals surface area (Å²) >= 11 is 0. The summed E-state index contributed by atoms with van der Waals surface area (Å²) in [7, 11) is 0. The Hall–Kier alpha value is -2.56. The number of rotatable bonds is 10. The van der Waals surface area contributed by atoms with E-state index in [-0.39, 0.29) is 50.8 Å². The van der Waals surface area contributed by atoms with Gasteiger partial charge in [-0.3, -0.25) is 9.59 Å². The van der Waals surface area contributed by atoms with Gasteiger partial charge in [-0.25, -0.2) is 0 Å². The number of carboxylic acid groups (broad SMARTS) is 2. The highest BCUT2D eigenvalue weighted by Gasteiger charge is 2.13. The smallest absolute Gasteiger partial charge is 0.303 e. The molecule has 0 aliphatic carbocycles. The molecule has 0 rings (SSSR count). The van der Waals surface area contributed by atoms with Crippen LogP contribution in [0.15, 0.2) is 10.2 Å². The van der Waals surface area contributed by atoms with Crippen LogP contribution >= 0.6 is 0 Å². The Kier molecular flexibility index (Phi) is 16.5. The van der Waals surface area contributed by atoms with Crippen LogP contribution in [0, 0.1) is 22.7 Å². The van der Waals surface area contributed by atoms with Crippen molar-refractivity contribution in [3.05, 3.63) is 0 Å². The second kappa shape index (κ2) is 14.8. The van der Waals surface area contributed by atoms with E-state index in [0.29, 0.717) is 0 Å². The predicted molar refractivity (Wildman–Crippen MR) is 76.7 cm³/mol. The number of carbonyl (C=O) groups is 2. The van der Waals surface area contributed by atoms with E-state index in [2.05, 4.69) is 10.2 Å². The van der Waals surface area contributed by atoms with Gasteiger partial charge in [0.2, 0.25) is 0 Å². The fourth-order valence-corrected chi connectivity index (χ4v) is 1.38. The molecule has 0 aliphatic rings. The summed E-state index contributed by atoms with van der Waals surface area (Å²) in [5.41, 5.74) is 0. The predicted octanol–water partition coefficient (Wildman–Crippen LogP) is 2.06. The molecule has 10 nitrogen and oxygen atoms in total. The maximum Gasteiger partial charge on any atom is 0.303 e. The van der Waals surface area contributed by atoms with E-state index in [1.165, 1.54) is 0 Å². The molecule has 0 saturated carbocycles. The molecule has 124 valence electrons. The first-order valence-electron chi connectivity index (χ1n) is 6.07. The van der Waals surface area contributed by atoms with Gasteiger partial charge >= 0.3 is 11.9 Å². The number of azo groups is 1. The van der Waals surface area contributed by atoms with Gasteiger partial charge in [0.1, 0.15) is 0 Å². The first-order chi connectivity index (χ1) is 9.49. The zero-order valence-corrected chi connectivity index (χ0v) is 12.3. The summed E-state index contributed by atoms with van der Waals surface area (Å²) in [6, 6.07) is 2.70. The number of hydrogen-bond donors (Lipinski definition) is 4. The third kappa shape index (κ3) is 13.9. The van der Waals surface area contributed by atoms with Crippen LogP contribution in [-0.2, 0) is 9.59 Å². The van der Waals surface area contributed by atoms with E-state index >= 15 is 0 Å². The van der Waals surface area contributed by atoms with Gasteiger partial charge in [0.15, 0.2) is 0 Å². The Morgan fingerprint density at radius 2 is 1.18 bits per heavy atom. The molecule has 0 bridgehead atoms. The highest BCUT2D eigenvalue weighted by Crippen LogP contribution is 2.12. The molecule has 0 aliphatic heterocycles. The summed E-state index contributed by atoms with van der Waals surface area (Å²) in [5.74, 6) is -1.97. The van der Waals surface area contributed by atoms with Gasteiger partial charge < -0.3 is 22.5 Å². The van der Waals surface area contributed by atoms with Crippen LogP contribution in [0.1, 0.15) is 38.5 Å². The molecule has 0 radical (unpaired) electrons. The maximum absolute atomic E-state index is 10.5. The SMILES string of the molecule is N.N.N#CCC(CCC(=O)O)N=NC(CC#N)CCC(=O)O. The van der Waals surface area contributed by atoms with Crippen LogP contribution in [0.4, 0.5) is 0 Å². The van der Waals surface area contributed by atoms with Gasteiger partial charge in [0, 0.05) is 12.8 Å². The molecule has 0 aromatic carbocycles. The highest BCUT2D eigenvalue weighted by atomic mass is 16.4. The molecule has 0 fully saturated rings. The first-order valence-corrected chi connectivity index (χ1v) is 6.07. The van der Waals surface area contributed by atoms with Gasteiger partial charge in [-0.15, -0.1) is 0 Å². The standard InChI is InChI=1S/C12H16N4O4.2H3N/c13-7-5-9(1-3-11(17)18)15-16-10(6-8-14)2-4-12(19)20;;/h9-10H,1-6H2,(H,17,18)(H,19,20);2*1H3. The Bertz CT molecular complexity index is 400. The van der Waals surface area contributed by atoms with Crippen LogP contribution in [0.2, 0.25) is 0 Å². The average Bonchev–Trinajstić information content (AvgIpc) is 2.38. The molecular formula is C12H22N6O4. The van der Waals surface area contributed by atoms with Gasteiger partial charge in [0.05, 0.1) is 37.1 Å². The van der Waals surface area contributed by atoms with Crippen molar-refractivity contribution in [2.75, 3.05) is 0 Å². The number of aliphatic carboxylic acids is 2. The second-order valence-electron chi connectivity index (χ2n) is 4.13. The van der Waals surface area contributed by atoms with Crippen LogP contribution < -0.4 is 12.3 Å². The Morgan fingerprint density at radius 3 is 1.41 bits per heavy atom. The zero-order chi connectivity index (χ0) is 15.4. The van der Waals surface area contributed by atoms with Crippen molar-refractivity contribution < 1.29 is 19.8 Å². The average molecular weight is 314 g/mol. The van der Waals surface area contributed by atoms with Crippen molar-refractivity contribution in [3.8, 4) is 12.1 Å². The molecule has 22 heavy (non-hydrogen) atoms. The molecule has 10 heteroatoms. The Labute approximate surface area is 128 Å². The zero-order valence-electron chi connectivity index (χ0n) is 12.3. The number of nitriles is 2. The van der Waals surface area contributed by atoms with Crippen LogP contribution in [0.3, 0.4) is 0 Å². The third-order valence-corrected chi connectivity index (χ3v) is 2.43. The molecule has 0 aromatic rings. The normalized spacial score (nSPS) is 12.1. The van der Waals surface area contributed by atoms with Crippen LogP contribution in [-0.4, -0.2) is 34.2 Å². The van der Waals surface area contributed by atoms with Crippen molar-refractivity contribution in [2.45, 2.75) is 50.6 Å². The molecule has 2 atom stereocenters. The molecule has 0 heterocycles. The van der Waals surface area contributed by atoms with Crippen molar-refractivity contribution >= 4 is 11.9 Å². The summed E-state index contributed by atoms with van der Waals surface area (Å²) in [5, 5.41) is 42.1.